The first-order valence-corrected chi connectivity index (χ1v) is 17.4. The van der Waals surface area contributed by atoms with E-state index in [0.717, 1.165) is 24.8 Å². The van der Waals surface area contributed by atoms with Crippen LogP contribution >= 0.6 is 11.3 Å². The summed E-state index contributed by atoms with van der Waals surface area (Å²) >= 11 is 0.653. The molecule has 0 radical (unpaired) electrons. The zero-order chi connectivity index (χ0) is 33.6. The van der Waals surface area contributed by atoms with Gasteiger partial charge in [-0.05, 0) is 37.1 Å². The van der Waals surface area contributed by atoms with Crippen LogP contribution in [0.3, 0.4) is 0 Å². The molecule has 3 aliphatic rings. The summed E-state index contributed by atoms with van der Waals surface area (Å²) in [5, 5.41) is 8.14. The molecule has 0 aliphatic carbocycles. The van der Waals surface area contributed by atoms with Gasteiger partial charge >= 0.3 is 12.2 Å². The molecule has 2 N–H and O–H groups in total. The first-order chi connectivity index (χ1) is 22.1. The van der Waals surface area contributed by atoms with E-state index in [-0.39, 0.29) is 70.5 Å². The smallest absolute Gasteiger partial charge is 0.417 e. The Morgan fingerprint density at radius 2 is 1.96 bits per heavy atom. The van der Waals surface area contributed by atoms with Crippen molar-refractivity contribution >= 4 is 53.0 Å². The molecule has 9 nitrogen and oxygen atoms in total. The van der Waals surface area contributed by atoms with Crippen molar-refractivity contribution in [2.45, 2.75) is 42.4 Å². The van der Waals surface area contributed by atoms with E-state index < -0.39 is 66.8 Å². The molecule has 17 heteroatoms. The summed E-state index contributed by atoms with van der Waals surface area (Å²) in [7, 11) is -3.50. The van der Waals surface area contributed by atoms with Gasteiger partial charge in [0.05, 0.1) is 26.6 Å². The molecule has 2 aromatic carbocycles. The number of hydrogen-bond donors (Lipinski definition) is 1. The number of benzene rings is 2. The highest BCUT2D eigenvalue weighted by molar-refractivity contribution is 7.91. The maximum Gasteiger partial charge on any atom is 0.417 e. The number of rotatable bonds is 6. The minimum absolute atomic E-state index is 0.0578. The van der Waals surface area contributed by atoms with E-state index in [1.807, 2.05) is 4.90 Å². The third-order valence-electron chi connectivity index (χ3n) is 9.38. The molecule has 0 bridgehead atoms. The van der Waals surface area contributed by atoms with Crippen LogP contribution in [0.25, 0.3) is 32.1 Å². The van der Waals surface area contributed by atoms with E-state index in [9.17, 15) is 35.6 Å². The molecule has 0 amide bonds. The fraction of sp³-hybridized carbons (Fsp3) is 0.433. The maximum atomic E-state index is 16.8. The van der Waals surface area contributed by atoms with Gasteiger partial charge in [0.15, 0.2) is 15.7 Å². The predicted molar refractivity (Wildman–Crippen MR) is 164 cm³/mol. The fourth-order valence-electron chi connectivity index (χ4n) is 7.02. The number of nitriles is 1. The van der Waals surface area contributed by atoms with E-state index in [4.69, 9.17) is 10.5 Å². The van der Waals surface area contributed by atoms with Gasteiger partial charge in [-0.15, -0.1) is 11.3 Å². The topological polar surface area (TPSA) is 125 Å². The lowest BCUT2D eigenvalue weighted by Crippen LogP contribution is -2.55. The maximum absolute atomic E-state index is 16.8. The Bertz CT molecular complexity index is 2110. The number of aromatic nitrogens is 2. The van der Waals surface area contributed by atoms with Crippen LogP contribution in [0, 0.1) is 23.0 Å². The fourth-order valence-corrected chi connectivity index (χ4v) is 8.87. The number of alkyl halides is 4. The molecular formula is C30H26F6N6O3S2. The highest BCUT2D eigenvalue weighted by Gasteiger charge is 2.49. The van der Waals surface area contributed by atoms with Crippen molar-refractivity contribution in [2.75, 3.05) is 49.7 Å². The zero-order valence-corrected chi connectivity index (χ0v) is 26.3. The van der Waals surface area contributed by atoms with Crippen molar-refractivity contribution in [3.63, 3.8) is 0 Å². The number of ether oxygens (including phenoxy) is 1. The Balaban J connectivity index is 1.44. The SMILES string of the molecule is CS(=O)(=O)C1CN(c2nc(OC[C@@]34CCCN3C[C@H](F)C4)nc3c(F)c(-c4ccc(F)c5sc(N)c(C#N)c45)c(C(F)(F)F)cc23)C1. The van der Waals surface area contributed by atoms with E-state index >= 15 is 4.39 Å². The Labute approximate surface area is 268 Å². The summed E-state index contributed by atoms with van der Waals surface area (Å²) in [4.78, 5) is 11.9. The molecule has 248 valence electrons. The first-order valence-electron chi connectivity index (χ1n) is 14.6. The standard InChI is InChI=1S/C30H26F6N6O3S2/c1-47(43,44)15-11-41(12-15)27-17-7-19(30(34,35)36)22(16-3-4-20(32)25-21(16)18(9-37)26(38)46-25)23(33)24(17)39-28(40-27)45-13-29-5-2-6-42(29)10-14(31)8-29/h3-4,7,14-15H,2,5-6,8,10-13,38H2,1H3/t14-,29+/m1/s1. The van der Waals surface area contributed by atoms with Gasteiger partial charge in [-0.2, -0.15) is 28.4 Å². The number of nitrogens with zero attached hydrogens (tertiary/aromatic N) is 5. The van der Waals surface area contributed by atoms with Crippen LogP contribution in [0.4, 0.5) is 37.2 Å². The van der Waals surface area contributed by atoms with Gasteiger partial charge in [-0.1, -0.05) is 6.07 Å². The quantitative estimate of drug-likeness (QED) is 0.262. The van der Waals surface area contributed by atoms with Crippen LogP contribution in [0.15, 0.2) is 18.2 Å². The Morgan fingerprint density at radius 3 is 2.64 bits per heavy atom. The van der Waals surface area contributed by atoms with Crippen molar-refractivity contribution in [1.82, 2.24) is 14.9 Å². The lowest BCUT2D eigenvalue weighted by molar-refractivity contribution is -0.137. The lowest BCUT2D eigenvalue weighted by atomic mass is 9.92. The number of sulfone groups is 1. The molecule has 47 heavy (non-hydrogen) atoms. The van der Waals surface area contributed by atoms with E-state index in [1.54, 1.807) is 6.07 Å². The summed E-state index contributed by atoms with van der Waals surface area (Å²) in [6.07, 6.45) is -3.53. The first kappa shape index (κ1) is 31.7. The van der Waals surface area contributed by atoms with Crippen molar-refractivity contribution < 1.29 is 39.5 Å². The Morgan fingerprint density at radius 1 is 1.21 bits per heavy atom. The minimum atomic E-state index is -5.15. The van der Waals surface area contributed by atoms with Gasteiger partial charge in [0.1, 0.15) is 41.0 Å². The highest BCUT2D eigenvalue weighted by atomic mass is 32.2. The predicted octanol–water partition coefficient (Wildman–Crippen LogP) is 5.45. The lowest BCUT2D eigenvalue weighted by Gasteiger charge is -2.39. The minimum Gasteiger partial charge on any atom is -0.461 e. The molecule has 7 rings (SSSR count). The van der Waals surface area contributed by atoms with Gasteiger partial charge in [-0.3, -0.25) is 4.90 Å². The monoisotopic (exact) mass is 696 g/mol. The molecule has 2 atom stereocenters. The molecule has 0 unspecified atom stereocenters. The average molecular weight is 697 g/mol. The number of halogens is 6. The third kappa shape index (κ3) is 5.12. The highest BCUT2D eigenvalue weighted by Crippen LogP contribution is 2.48. The van der Waals surface area contributed by atoms with Crippen molar-refractivity contribution in [2.24, 2.45) is 0 Å². The number of anilines is 2. The van der Waals surface area contributed by atoms with Crippen LogP contribution in [-0.4, -0.2) is 79.3 Å². The molecule has 3 saturated heterocycles. The summed E-state index contributed by atoms with van der Waals surface area (Å²) in [6, 6.07) is 3.89. The molecule has 5 heterocycles. The molecule has 0 spiro atoms. The van der Waals surface area contributed by atoms with Gasteiger partial charge in [-0.25, -0.2) is 21.6 Å². The van der Waals surface area contributed by atoms with Crippen molar-refractivity contribution in [3.05, 3.63) is 41.0 Å². The second-order valence-corrected chi connectivity index (χ2v) is 15.7. The Hall–Kier alpha value is -3.88. The molecule has 3 fully saturated rings. The molecule has 2 aromatic heterocycles. The number of nitrogens with two attached hydrogens (primary N) is 1. The van der Waals surface area contributed by atoms with Crippen LogP contribution < -0.4 is 15.4 Å². The van der Waals surface area contributed by atoms with Gasteiger partial charge < -0.3 is 15.4 Å². The normalized spacial score (nSPS) is 22.2. The number of thiophene rings is 1. The largest absolute Gasteiger partial charge is 0.461 e. The van der Waals surface area contributed by atoms with Gasteiger partial charge in [0.25, 0.3) is 0 Å². The van der Waals surface area contributed by atoms with Crippen LogP contribution in [0.2, 0.25) is 0 Å². The number of fused-ring (bicyclic) bond motifs is 3. The zero-order valence-electron chi connectivity index (χ0n) is 24.7. The van der Waals surface area contributed by atoms with Crippen molar-refractivity contribution in [1.29, 1.82) is 5.26 Å². The summed E-state index contributed by atoms with van der Waals surface area (Å²) in [6.45, 7) is 0.605. The molecule has 3 aliphatic heterocycles. The van der Waals surface area contributed by atoms with Crippen LogP contribution in [0.1, 0.15) is 30.4 Å². The van der Waals surface area contributed by atoms with E-state index in [1.165, 1.54) is 4.90 Å². The van der Waals surface area contributed by atoms with Gasteiger partial charge in [0.2, 0.25) is 0 Å². The third-order valence-corrected chi connectivity index (χ3v) is 11.9. The van der Waals surface area contributed by atoms with E-state index in [2.05, 4.69) is 9.97 Å². The number of nitrogen functional groups attached to an aromatic ring is 1. The second kappa shape index (κ2) is 10.8. The Kier molecular flexibility index (Phi) is 7.30. The molecular weight excluding hydrogens is 670 g/mol. The van der Waals surface area contributed by atoms with Crippen LogP contribution in [-0.2, 0) is 16.0 Å². The average Bonchev–Trinajstić information content (AvgIpc) is 3.60. The van der Waals surface area contributed by atoms with Crippen molar-refractivity contribution in [3.8, 4) is 23.2 Å². The molecule has 4 aromatic rings. The van der Waals surface area contributed by atoms with E-state index in [0.29, 0.717) is 30.4 Å². The summed E-state index contributed by atoms with van der Waals surface area (Å²) in [5.74, 6) is -2.45. The second-order valence-electron chi connectivity index (χ2n) is 12.3. The summed E-state index contributed by atoms with van der Waals surface area (Å²) < 4.78 is 120. The number of hydrogen-bond acceptors (Lipinski definition) is 10. The molecule has 0 saturated carbocycles. The van der Waals surface area contributed by atoms with Gasteiger partial charge in [0, 0.05) is 48.6 Å². The van der Waals surface area contributed by atoms with Crippen LogP contribution in [0.5, 0.6) is 6.01 Å². The summed E-state index contributed by atoms with van der Waals surface area (Å²) in [5.41, 5.74) is 1.56.